The first kappa shape index (κ1) is 25.3. The molecule has 194 valence electrons. The number of nitrogens with zero attached hydrogens (tertiary/aromatic N) is 2. The van der Waals surface area contributed by atoms with Crippen molar-refractivity contribution in [2.24, 2.45) is 4.99 Å². The smallest absolute Gasteiger partial charge is 0.416 e. The summed E-state index contributed by atoms with van der Waals surface area (Å²) in [7, 11) is 0. The molecule has 2 aliphatic rings. The molecule has 1 aliphatic carbocycles. The fraction of sp³-hybridized carbons (Fsp3) is 0.346. The molecule has 3 atom stereocenters. The van der Waals surface area contributed by atoms with Crippen molar-refractivity contribution < 1.29 is 36.7 Å². The van der Waals surface area contributed by atoms with Crippen LogP contribution in [0.15, 0.2) is 52.3 Å². The van der Waals surface area contributed by atoms with E-state index in [-0.39, 0.29) is 17.2 Å². The minimum absolute atomic E-state index is 0.0949. The molecule has 3 aromatic rings. The van der Waals surface area contributed by atoms with E-state index in [1.807, 2.05) is 6.07 Å². The standard InChI is InChI=1S/C26H22F4N2O4S/c1-13-18(25(2)23(24(33)34)37-12-31-25)8-15(14-6-7-14)9-20(13)36-22(16-10-32-35-11-16)21-17(26(28,29)30)4-3-5-19(21)27/h3-5,8-12,14,22-23H,6-7H2,1-2H3,(H,33,34). The van der Waals surface area contributed by atoms with E-state index in [4.69, 9.17) is 9.26 Å². The number of hydrogen-bond donors (Lipinski definition) is 1. The molecule has 3 unspecified atom stereocenters. The number of ether oxygens (including phenoxy) is 1. The van der Waals surface area contributed by atoms with Gasteiger partial charge in [0.2, 0.25) is 0 Å². The normalized spacial score (nSPS) is 22.3. The van der Waals surface area contributed by atoms with E-state index in [1.165, 1.54) is 11.7 Å². The number of rotatable bonds is 7. The third-order valence-corrected chi connectivity index (χ3v) is 8.01. The molecule has 0 bridgehead atoms. The van der Waals surface area contributed by atoms with Crippen LogP contribution >= 0.6 is 11.8 Å². The van der Waals surface area contributed by atoms with E-state index in [9.17, 15) is 23.1 Å². The van der Waals surface area contributed by atoms with E-state index in [2.05, 4.69) is 10.1 Å². The van der Waals surface area contributed by atoms with E-state index in [0.717, 1.165) is 54.6 Å². The average molecular weight is 535 g/mol. The Balaban J connectivity index is 1.68. The number of thioether (sulfide) groups is 1. The van der Waals surface area contributed by atoms with E-state index >= 15 is 4.39 Å². The third kappa shape index (κ3) is 4.60. The van der Waals surface area contributed by atoms with E-state index in [0.29, 0.717) is 11.1 Å². The highest BCUT2D eigenvalue weighted by Crippen LogP contribution is 2.49. The summed E-state index contributed by atoms with van der Waals surface area (Å²) in [5.41, 5.74) is 0.547. The molecule has 0 saturated heterocycles. The van der Waals surface area contributed by atoms with Crippen LogP contribution in [0.4, 0.5) is 17.6 Å². The maximum Gasteiger partial charge on any atom is 0.416 e. The maximum absolute atomic E-state index is 15.1. The van der Waals surface area contributed by atoms with Gasteiger partial charge in [-0.1, -0.05) is 29.1 Å². The van der Waals surface area contributed by atoms with Gasteiger partial charge in [-0.2, -0.15) is 13.2 Å². The van der Waals surface area contributed by atoms with Gasteiger partial charge in [0.05, 0.1) is 22.9 Å². The lowest BCUT2D eigenvalue weighted by Gasteiger charge is -2.30. The largest absolute Gasteiger partial charge is 0.480 e. The van der Waals surface area contributed by atoms with Gasteiger partial charge in [-0.3, -0.25) is 9.79 Å². The zero-order chi connectivity index (χ0) is 26.5. The van der Waals surface area contributed by atoms with E-state index in [1.54, 1.807) is 19.9 Å². The molecule has 1 fully saturated rings. The Morgan fingerprint density at radius 1 is 1.30 bits per heavy atom. The summed E-state index contributed by atoms with van der Waals surface area (Å²) < 4.78 is 67.9. The van der Waals surface area contributed by atoms with Crippen LogP contribution in [0.25, 0.3) is 0 Å². The lowest BCUT2D eigenvalue weighted by atomic mass is 9.83. The summed E-state index contributed by atoms with van der Waals surface area (Å²) in [5, 5.41) is 12.5. The molecular formula is C26H22F4N2O4S. The Morgan fingerprint density at radius 2 is 2.05 bits per heavy atom. The van der Waals surface area contributed by atoms with Gasteiger partial charge in [-0.15, -0.1) is 0 Å². The Morgan fingerprint density at radius 3 is 2.68 bits per heavy atom. The molecule has 37 heavy (non-hydrogen) atoms. The molecule has 1 aliphatic heterocycles. The monoisotopic (exact) mass is 534 g/mol. The highest BCUT2D eigenvalue weighted by atomic mass is 32.2. The van der Waals surface area contributed by atoms with Crippen molar-refractivity contribution in [3.63, 3.8) is 0 Å². The summed E-state index contributed by atoms with van der Waals surface area (Å²) in [4.78, 5) is 16.5. The number of hydrogen-bond acceptors (Lipinski definition) is 6. The Labute approximate surface area is 213 Å². The summed E-state index contributed by atoms with van der Waals surface area (Å²) in [6.45, 7) is 3.40. The zero-order valence-electron chi connectivity index (χ0n) is 19.8. The highest BCUT2D eigenvalue weighted by Gasteiger charge is 2.46. The second-order valence-electron chi connectivity index (χ2n) is 9.36. The maximum atomic E-state index is 15.1. The molecule has 2 heterocycles. The molecule has 11 heteroatoms. The van der Waals surface area contributed by atoms with Crippen LogP contribution in [0.3, 0.4) is 0 Å². The molecule has 1 N–H and O–H groups in total. The van der Waals surface area contributed by atoms with Gasteiger partial charge in [-0.25, -0.2) is 4.39 Å². The molecule has 1 aromatic heterocycles. The van der Waals surface area contributed by atoms with Crippen LogP contribution in [0, 0.1) is 12.7 Å². The first-order chi connectivity index (χ1) is 17.5. The number of halogens is 4. The highest BCUT2D eigenvalue weighted by molar-refractivity contribution is 8.13. The zero-order valence-corrected chi connectivity index (χ0v) is 20.6. The van der Waals surface area contributed by atoms with Crippen molar-refractivity contribution in [1.29, 1.82) is 0 Å². The number of carboxylic acid groups (broad SMARTS) is 1. The molecular weight excluding hydrogens is 512 g/mol. The van der Waals surface area contributed by atoms with Crippen molar-refractivity contribution in [2.45, 2.75) is 55.7 Å². The van der Waals surface area contributed by atoms with Crippen molar-refractivity contribution in [3.8, 4) is 5.75 Å². The Hall–Kier alpha value is -3.34. The van der Waals surface area contributed by atoms with Gasteiger partial charge >= 0.3 is 12.1 Å². The SMILES string of the molecule is Cc1c(OC(c2cnoc2)c2c(F)cccc2C(F)(F)F)cc(C2CC2)cc1C1(C)N=CSC1C(=O)O. The van der Waals surface area contributed by atoms with Crippen molar-refractivity contribution in [3.05, 3.63) is 82.0 Å². The lowest BCUT2D eigenvalue weighted by Crippen LogP contribution is -2.36. The van der Waals surface area contributed by atoms with Crippen LogP contribution in [-0.2, 0) is 16.5 Å². The Bertz CT molecular complexity index is 1370. The molecule has 6 nitrogen and oxygen atoms in total. The van der Waals surface area contributed by atoms with Gasteiger partial charge in [0.1, 0.15) is 28.6 Å². The second kappa shape index (κ2) is 9.20. The number of carbonyl (C=O) groups is 1. The second-order valence-corrected chi connectivity index (χ2v) is 10.3. The number of aliphatic carboxylic acids is 1. The van der Waals surface area contributed by atoms with Gasteiger partial charge in [0.25, 0.3) is 0 Å². The molecule has 5 rings (SSSR count). The fourth-order valence-corrected chi connectivity index (χ4v) is 5.70. The van der Waals surface area contributed by atoms with Crippen LogP contribution in [0.5, 0.6) is 5.75 Å². The van der Waals surface area contributed by atoms with Gasteiger partial charge in [0.15, 0.2) is 6.10 Å². The predicted molar refractivity (Wildman–Crippen MR) is 128 cm³/mol. The molecule has 0 radical (unpaired) electrons. The van der Waals surface area contributed by atoms with Gasteiger partial charge in [0, 0.05) is 5.56 Å². The number of aliphatic imine (C=N–C) groups is 1. The fourth-order valence-electron chi connectivity index (χ4n) is 4.73. The lowest BCUT2D eigenvalue weighted by molar-refractivity contribution is -0.139. The van der Waals surface area contributed by atoms with Crippen LogP contribution in [0.2, 0.25) is 0 Å². The number of carboxylic acids is 1. The minimum Gasteiger partial charge on any atom is -0.480 e. The van der Waals surface area contributed by atoms with Gasteiger partial charge in [-0.05, 0) is 67.5 Å². The van der Waals surface area contributed by atoms with E-state index < -0.39 is 46.0 Å². The number of alkyl halides is 3. The summed E-state index contributed by atoms with van der Waals surface area (Å²) >= 11 is 1.08. The van der Waals surface area contributed by atoms with Crippen molar-refractivity contribution in [2.75, 3.05) is 0 Å². The minimum atomic E-state index is -4.84. The molecule has 2 aromatic carbocycles. The summed E-state index contributed by atoms with van der Waals surface area (Å²) in [5.74, 6) is -1.71. The molecule has 0 amide bonds. The quantitative estimate of drug-likeness (QED) is 0.343. The number of benzene rings is 2. The van der Waals surface area contributed by atoms with Crippen LogP contribution in [0.1, 0.15) is 65.2 Å². The topological polar surface area (TPSA) is 84.9 Å². The first-order valence-corrected chi connectivity index (χ1v) is 12.4. The van der Waals surface area contributed by atoms with Crippen LogP contribution < -0.4 is 4.74 Å². The van der Waals surface area contributed by atoms with Crippen molar-refractivity contribution >= 4 is 23.3 Å². The predicted octanol–water partition coefficient (Wildman–Crippen LogP) is 6.63. The summed E-state index contributed by atoms with van der Waals surface area (Å²) in [6, 6.07) is 6.36. The first-order valence-electron chi connectivity index (χ1n) is 11.5. The third-order valence-electron chi connectivity index (χ3n) is 6.85. The van der Waals surface area contributed by atoms with Crippen molar-refractivity contribution in [1.82, 2.24) is 5.16 Å². The average Bonchev–Trinajstić information content (AvgIpc) is 3.38. The van der Waals surface area contributed by atoms with Gasteiger partial charge < -0.3 is 14.4 Å². The van der Waals surface area contributed by atoms with Crippen LogP contribution in [-0.4, -0.2) is 27.0 Å². The molecule has 0 spiro atoms. The number of aromatic nitrogens is 1. The molecule has 1 saturated carbocycles. The summed E-state index contributed by atoms with van der Waals surface area (Å²) in [6.07, 6.45) is -2.26. The Kier molecular flexibility index (Phi) is 6.29.